The Bertz CT molecular complexity index is 442. The summed E-state index contributed by atoms with van der Waals surface area (Å²) in [6.07, 6.45) is 5.81. The number of aryl methyl sites for hydroxylation is 1. The van der Waals surface area contributed by atoms with Crippen molar-refractivity contribution in [2.24, 2.45) is 10.7 Å². The van der Waals surface area contributed by atoms with Gasteiger partial charge >= 0.3 is 0 Å². The maximum Gasteiger partial charge on any atom is 0.191 e. The molecule has 1 fully saturated rings. The molecule has 4 nitrogen and oxygen atoms in total. The largest absolute Gasteiger partial charge is 0.494 e. The Morgan fingerprint density at radius 3 is 2.50 bits per heavy atom. The number of nitrogens with two attached hydrogens (primary N) is 1. The van der Waals surface area contributed by atoms with Crippen molar-refractivity contribution in [2.75, 3.05) is 26.2 Å². The zero-order chi connectivity index (χ0) is 14.9. The summed E-state index contributed by atoms with van der Waals surface area (Å²) < 4.78 is 5.69. The van der Waals surface area contributed by atoms with Crippen molar-refractivity contribution in [1.29, 1.82) is 0 Å². The third-order valence-corrected chi connectivity index (χ3v) is 3.80. The minimum atomic E-state index is 0. The first-order chi connectivity index (χ1) is 10.3. The van der Waals surface area contributed by atoms with Crippen LogP contribution in [0.3, 0.4) is 0 Å². The average molecular weight is 417 g/mol. The van der Waals surface area contributed by atoms with Crippen molar-refractivity contribution in [3.8, 4) is 5.75 Å². The molecular weight excluding hydrogens is 389 g/mol. The van der Waals surface area contributed by atoms with Gasteiger partial charge in [-0.15, -0.1) is 24.0 Å². The summed E-state index contributed by atoms with van der Waals surface area (Å²) in [5, 5.41) is 0. The molecule has 0 spiro atoms. The Kier molecular flexibility index (Phi) is 9.27. The van der Waals surface area contributed by atoms with Crippen LogP contribution in [-0.2, 0) is 0 Å². The Balaban J connectivity index is 0.00000242. The smallest absolute Gasteiger partial charge is 0.191 e. The second-order valence-corrected chi connectivity index (χ2v) is 5.66. The van der Waals surface area contributed by atoms with E-state index in [0.717, 1.165) is 44.8 Å². The quantitative estimate of drug-likeness (QED) is 0.333. The molecule has 0 bridgehead atoms. The zero-order valence-corrected chi connectivity index (χ0v) is 15.8. The Morgan fingerprint density at radius 1 is 1.14 bits per heavy atom. The Hall–Kier alpha value is -0.980. The Morgan fingerprint density at radius 2 is 1.82 bits per heavy atom. The fraction of sp³-hybridized carbons (Fsp3) is 0.588. The van der Waals surface area contributed by atoms with Gasteiger partial charge in [-0.05, 0) is 51.2 Å². The van der Waals surface area contributed by atoms with Crippen LogP contribution in [0.25, 0.3) is 0 Å². The van der Waals surface area contributed by atoms with Crippen LogP contribution in [0.5, 0.6) is 5.75 Å². The van der Waals surface area contributed by atoms with Crippen molar-refractivity contribution in [3.05, 3.63) is 29.8 Å². The summed E-state index contributed by atoms with van der Waals surface area (Å²) in [5.74, 6) is 1.66. The van der Waals surface area contributed by atoms with Crippen LogP contribution in [0, 0.1) is 6.92 Å². The van der Waals surface area contributed by atoms with Crippen molar-refractivity contribution in [3.63, 3.8) is 0 Å². The monoisotopic (exact) mass is 417 g/mol. The van der Waals surface area contributed by atoms with Gasteiger partial charge in [0.1, 0.15) is 5.75 Å². The molecule has 0 aliphatic carbocycles. The van der Waals surface area contributed by atoms with Crippen molar-refractivity contribution < 1.29 is 4.74 Å². The minimum Gasteiger partial charge on any atom is -0.494 e. The number of halogens is 1. The van der Waals surface area contributed by atoms with Crippen LogP contribution in [0.2, 0.25) is 0 Å². The molecular formula is C17H28IN3O. The lowest BCUT2D eigenvalue weighted by molar-refractivity contribution is 0.307. The maximum absolute atomic E-state index is 6.01. The van der Waals surface area contributed by atoms with Gasteiger partial charge < -0.3 is 15.4 Å². The number of aliphatic imine (C=N–C) groups is 1. The highest BCUT2D eigenvalue weighted by Gasteiger charge is 2.11. The van der Waals surface area contributed by atoms with E-state index in [4.69, 9.17) is 10.5 Å². The fourth-order valence-corrected chi connectivity index (χ4v) is 2.45. The number of guanidine groups is 1. The topological polar surface area (TPSA) is 50.9 Å². The van der Waals surface area contributed by atoms with E-state index in [2.05, 4.69) is 28.9 Å². The van der Waals surface area contributed by atoms with Crippen molar-refractivity contribution in [1.82, 2.24) is 4.90 Å². The molecule has 2 N–H and O–H groups in total. The van der Waals surface area contributed by atoms with Gasteiger partial charge in [-0.25, -0.2) is 0 Å². The summed E-state index contributed by atoms with van der Waals surface area (Å²) in [7, 11) is 0. The maximum atomic E-state index is 6.01. The molecule has 0 atom stereocenters. The van der Waals surface area contributed by atoms with E-state index in [1.165, 1.54) is 24.8 Å². The summed E-state index contributed by atoms with van der Waals surface area (Å²) in [4.78, 5) is 6.67. The molecule has 0 aromatic heterocycles. The third kappa shape index (κ3) is 6.85. The van der Waals surface area contributed by atoms with Crippen molar-refractivity contribution >= 4 is 29.9 Å². The number of rotatable bonds is 6. The van der Waals surface area contributed by atoms with Gasteiger partial charge in [-0.2, -0.15) is 0 Å². The number of likely N-dealkylation sites (tertiary alicyclic amines) is 1. The molecule has 0 radical (unpaired) electrons. The van der Waals surface area contributed by atoms with E-state index in [9.17, 15) is 0 Å². The summed E-state index contributed by atoms with van der Waals surface area (Å²) >= 11 is 0. The summed E-state index contributed by atoms with van der Waals surface area (Å²) in [5.41, 5.74) is 7.27. The first-order valence-corrected chi connectivity index (χ1v) is 8.00. The number of unbranched alkanes of at least 4 members (excludes halogenated alkanes) is 1. The van der Waals surface area contributed by atoms with E-state index < -0.39 is 0 Å². The van der Waals surface area contributed by atoms with Gasteiger partial charge in [0, 0.05) is 19.6 Å². The van der Waals surface area contributed by atoms with E-state index in [1.54, 1.807) is 0 Å². The highest BCUT2D eigenvalue weighted by atomic mass is 127. The molecule has 0 amide bonds. The number of hydrogen-bond donors (Lipinski definition) is 1. The van der Waals surface area contributed by atoms with Crippen LogP contribution >= 0.6 is 24.0 Å². The normalized spacial score (nSPS) is 15.3. The van der Waals surface area contributed by atoms with E-state index in [0.29, 0.717) is 5.96 Å². The highest BCUT2D eigenvalue weighted by molar-refractivity contribution is 14.0. The molecule has 124 valence electrons. The van der Waals surface area contributed by atoms with Gasteiger partial charge in [0.2, 0.25) is 0 Å². The lowest BCUT2D eigenvalue weighted by Crippen LogP contribution is -2.40. The van der Waals surface area contributed by atoms with Gasteiger partial charge in [0.25, 0.3) is 0 Å². The van der Waals surface area contributed by atoms with Gasteiger partial charge in [0.05, 0.1) is 6.61 Å². The first kappa shape index (κ1) is 19.1. The van der Waals surface area contributed by atoms with Crippen LogP contribution in [-0.4, -0.2) is 37.1 Å². The van der Waals surface area contributed by atoms with Gasteiger partial charge in [-0.3, -0.25) is 4.99 Å². The van der Waals surface area contributed by atoms with E-state index >= 15 is 0 Å². The van der Waals surface area contributed by atoms with Crippen LogP contribution < -0.4 is 10.5 Å². The number of benzene rings is 1. The minimum absolute atomic E-state index is 0. The van der Waals surface area contributed by atoms with E-state index in [1.807, 2.05) is 12.1 Å². The number of piperidine rings is 1. The van der Waals surface area contributed by atoms with Gasteiger partial charge in [0.15, 0.2) is 5.96 Å². The molecule has 22 heavy (non-hydrogen) atoms. The van der Waals surface area contributed by atoms with Crippen molar-refractivity contribution in [2.45, 2.75) is 39.0 Å². The van der Waals surface area contributed by atoms with Gasteiger partial charge in [-0.1, -0.05) is 17.7 Å². The predicted octanol–water partition coefficient (Wildman–Crippen LogP) is 3.57. The number of ether oxygens (including phenoxy) is 1. The van der Waals surface area contributed by atoms with Crippen LogP contribution in [0.15, 0.2) is 29.3 Å². The second-order valence-electron chi connectivity index (χ2n) is 5.66. The molecule has 1 saturated heterocycles. The Labute approximate surface area is 151 Å². The molecule has 1 aliphatic heterocycles. The number of hydrogen-bond acceptors (Lipinski definition) is 2. The molecule has 1 aliphatic rings. The summed E-state index contributed by atoms with van der Waals surface area (Å²) in [6.45, 7) is 5.73. The molecule has 0 unspecified atom stereocenters. The lowest BCUT2D eigenvalue weighted by Gasteiger charge is -2.27. The standard InChI is InChI=1S/C17H27N3O.HI/c1-15-7-9-16(10-8-15)21-14-6-3-11-19-17(18)20-12-4-2-5-13-20;/h7-10H,2-6,11-14H2,1H3,(H2,18,19);1H. The lowest BCUT2D eigenvalue weighted by atomic mass is 10.1. The predicted molar refractivity (Wildman–Crippen MR) is 103 cm³/mol. The first-order valence-electron chi connectivity index (χ1n) is 8.00. The number of nitrogens with zero attached hydrogens (tertiary/aromatic N) is 2. The van der Waals surface area contributed by atoms with Crippen LogP contribution in [0.1, 0.15) is 37.7 Å². The average Bonchev–Trinajstić information content (AvgIpc) is 2.53. The van der Waals surface area contributed by atoms with Crippen LogP contribution in [0.4, 0.5) is 0 Å². The second kappa shape index (κ2) is 10.7. The molecule has 1 aromatic carbocycles. The molecule has 0 saturated carbocycles. The van der Waals surface area contributed by atoms with E-state index in [-0.39, 0.29) is 24.0 Å². The zero-order valence-electron chi connectivity index (χ0n) is 13.5. The molecule has 1 heterocycles. The molecule has 5 heteroatoms. The SMILES string of the molecule is Cc1ccc(OCCCCN=C(N)N2CCCCC2)cc1.I. The summed E-state index contributed by atoms with van der Waals surface area (Å²) in [6, 6.07) is 8.17. The molecule has 2 rings (SSSR count). The fourth-order valence-electron chi connectivity index (χ4n) is 2.45. The highest BCUT2D eigenvalue weighted by Crippen LogP contribution is 2.12. The third-order valence-electron chi connectivity index (χ3n) is 3.80. The molecule has 1 aromatic rings.